The third-order valence-corrected chi connectivity index (χ3v) is 5.68. The van der Waals surface area contributed by atoms with Crippen LogP contribution in [0, 0.1) is 5.41 Å². The first-order valence-corrected chi connectivity index (χ1v) is 8.90. The van der Waals surface area contributed by atoms with Gasteiger partial charge in [0.2, 0.25) is 11.5 Å². The number of pyridine rings is 1. The van der Waals surface area contributed by atoms with Gasteiger partial charge in [0.25, 0.3) is 0 Å². The number of likely N-dealkylation sites (tertiary alicyclic amines) is 1. The fraction of sp³-hybridized carbons (Fsp3) is 0.667. The van der Waals surface area contributed by atoms with Gasteiger partial charge in [0, 0.05) is 45.6 Å². The monoisotopic (exact) mass is 331 g/mol. The maximum atomic E-state index is 12.9. The summed E-state index contributed by atoms with van der Waals surface area (Å²) in [6, 6.07) is 3.28. The molecule has 0 radical (unpaired) electrons. The van der Waals surface area contributed by atoms with Crippen molar-refractivity contribution in [3.05, 3.63) is 28.7 Å². The van der Waals surface area contributed by atoms with Crippen molar-refractivity contribution < 1.29 is 9.53 Å². The van der Waals surface area contributed by atoms with Gasteiger partial charge < -0.3 is 14.2 Å². The summed E-state index contributed by atoms with van der Waals surface area (Å²) in [6.07, 6.45) is 6.43. The number of amides is 1. The van der Waals surface area contributed by atoms with E-state index in [0.29, 0.717) is 6.10 Å². The molecule has 0 saturated carbocycles. The highest BCUT2D eigenvalue weighted by Crippen LogP contribution is 2.42. The first-order valence-electron chi connectivity index (χ1n) is 8.90. The molecule has 3 aliphatic heterocycles. The summed E-state index contributed by atoms with van der Waals surface area (Å²) in [5.74, 6) is 0.207. The lowest BCUT2D eigenvalue weighted by atomic mass is 9.72. The van der Waals surface area contributed by atoms with Gasteiger partial charge in [0.15, 0.2) is 0 Å². The summed E-state index contributed by atoms with van der Waals surface area (Å²) in [6.45, 7) is 4.49. The molecule has 0 aromatic carbocycles. The Labute approximate surface area is 142 Å². The van der Waals surface area contributed by atoms with Crippen LogP contribution in [-0.4, -0.2) is 54.3 Å². The highest BCUT2D eigenvalue weighted by atomic mass is 16.5. The van der Waals surface area contributed by atoms with Crippen molar-refractivity contribution in [2.45, 2.75) is 31.8 Å². The summed E-state index contributed by atoms with van der Waals surface area (Å²) < 4.78 is 7.27. The Morgan fingerprint density at radius 3 is 2.83 bits per heavy atom. The smallest absolute Gasteiger partial charge is 0.250 e. The van der Waals surface area contributed by atoms with E-state index < -0.39 is 0 Å². The van der Waals surface area contributed by atoms with Gasteiger partial charge in [-0.3, -0.25) is 14.5 Å². The van der Waals surface area contributed by atoms with Crippen LogP contribution >= 0.6 is 0 Å². The molecule has 1 spiro atoms. The number of aryl methyl sites for hydroxylation is 1. The van der Waals surface area contributed by atoms with E-state index in [-0.39, 0.29) is 16.9 Å². The van der Waals surface area contributed by atoms with E-state index in [1.807, 2.05) is 4.90 Å². The molecule has 24 heavy (non-hydrogen) atoms. The third kappa shape index (κ3) is 2.67. The SMILES string of the molecule is Cn1cc(N2C[C@@]3(CCCN(C[C@@H]4CCCO4)C3)C2=O)ccc1=O. The first kappa shape index (κ1) is 15.8. The Bertz CT molecular complexity index is 695. The average molecular weight is 331 g/mol. The van der Waals surface area contributed by atoms with Crippen LogP contribution in [0.2, 0.25) is 0 Å². The number of hydrogen-bond donors (Lipinski definition) is 0. The summed E-state index contributed by atoms with van der Waals surface area (Å²) in [4.78, 5) is 28.7. The molecule has 4 rings (SSSR count). The molecule has 4 heterocycles. The van der Waals surface area contributed by atoms with Crippen molar-refractivity contribution in [1.29, 1.82) is 0 Å². The van der Waals surface area contributed by atoms with E-state index in [0.717, 1.165) is 64.2 Å². The van der Waals surface area contributed by atoms with Crippen LogP contribution in [0.3, 0.4) is 0 Å². The van der Waals surface area contributed by atoms with Crippen LogP contribution in [0.4, 0.5) is 5.69 Å². The lowest BCUT2D eigenvalue weighted by molar-refractivity contribution is -0.139. The predicted molar refractivity (Wildman–Crippen MR) is 91.1 cm³/mol. The number of rotatable bonds is 3. The van der Waals surface area contributed by atoms with Crippen molar-refractivity contribution >= 4 is 11.6 Å². The second-order valence-corrected chi connectivity index (χ2v) is 7.48. The topological polar surface area (TPSA) is 54.8 Å². The van der Waals surface area contributed by atoms with Gasteiger partial charge in [-0.2, -0.15) is 0 Å². The molecule has 3 saturated heterocycles. The lowest BCUT2D eigenvalue weighted by Crippen LogP contribution is -2.67. The standard InChI is InChI=1S/C18H25N3O3/c1-19-10-14(5-6-16(19)22)21-13-18(17(21)23)7-3-8-20(12-18)11-15-4-2-9-24-15/h5-6,10,15H,2-4,7-9,11-13H2,1H3/t15-,18-/m0/s1. The van der Waals surface area contributed by atoms with Crippen LogP contribution < -0.4 is 10.5 Å². The fourth-order valence-electron chi connectivity index (χ4n) is 4.35. The largest absolute Gasteiger partial charge is 0.377 e. The average Bonchev–Trinajstić information content (AvgIpc) is 3.08. The van der Waals surface area contributed by atoms with Crippen LogP contribution in [0.1, 0.15) is 25.7 Å². The van der Waals surface area contributed by atoms with Crippen LogP contribution in [0.15, 0.2) is 23.1 Å². The second kappa shape index (κ2) is 6.01. The maximum absolute atomic E-state index is 12.9. The van der Waals surface area contributed by atoms with E-state index in [9.17, 15) is 9.59 Å². The first-order chi connectivity index (χ1) is 11.6. The van der Waals surface area contributed by atoms with Crippen molar-refractivity contribution in [2.24, 2.45) is 12.5 Å². The molecule has 3 aliphatic rings. The predicted octanol–water partition coefficient (Wildman–Crippen LogP) is 0.993. The fourth-order valence-corrected chi connectivity index (χ4v) is 4.35. The summed E-state index contributed by atoms with van der Waals surface area (Å²) >= 11 is 0. The number of nitrogens with zero attached hydrogens (tertiary/aromatic N) is 3. The minimum Gasteiger partial charge on any atom is -0.377 e. The zero-order valence-corrected chi connectivity index (χ0v) is 14.2. The van der Waals surface area contributed by atoms with Gasteiger partial charge in [-0.1, -0.05) is 0 Å². The Kier molecular flexibility index (Phi) is 3.96. The van der Waals surface area contributed by atoms with Crippen LogP contribution in [0.25, 0.3) is 0 Å². The number of anilines is 1. The van der Waals surface area contributed by atoms with E-state index in [1.165, 1.54) is 10.6 Å². The van der Waals surface area contributed by atoms with Crippen molar-refractivity contribution in [1.82, 2.24) is 9.47 Å². The number of piperidine rings is 1. The lowest BCUT2D eigenvalue weighted by Gasteiger charge is -2.53. The molecule has 0 aliphatic carbocycles. The van der Waals surface area contributed by atoms with Crippen LogP contribution in [-0.2, 0) is 16.6 Å². The molecule has 2 atom stereocenters. The number of β-lactam (4-membered cyclic amide) rings is 1. The molecule has 6 heteroatoms. The molecular formula is C18H25N3O3. The number of ether oxygens (including phenoxy) is 1. The third-order valence-electron chi connectivity index (χ3n) is 5.68. The second-order valence-electron chi connectivity index (χ2n) is 7.48. The number of hydrogen-bond acceptors (Lipinski definition) is 4. The summed E-state index contributed by atoms with van der Waals surface area (Å²) in [5.41, 5.74) is 0.539. The Morgan fingerprint density at radius 1 is 1.25 bits per heavy atom. The van der Waals surface area contributed by atoms with Gasteiger partial charge in [-0.05, 0) is 38.3 Å². The molecule has 0 unspecified atom stereocenters. The van der Waals surface area contributed by atoms with Gasteiger partial charge in [0.05, 0.1) is 17.2 Å². The van der Waals surface area contributed by atoms with Gasteiger partial charge in [-0.15, -0.1) is 0 Å². The number of carbonyl (C=O) groups is 1. The molecule has 1 aromatic heterocycles. The maximum Gasteiger partial charge on any atom is 0.250 e. The Hall–Kier alpha value is -1.66. The summed E-state index contributed by atoms with van der Waals surface area (Å²) in [7, 11) is 1.72. The molecule has 130 valence electrons. The van der Waals surface area contributed by atoms with Crippen molar-refractivity contribution in [3.63, 3.8) is 0 Å². The van der Waals surface area contributed by atoms with Crippen LogP contribution in [0.5, 0.6) is 0 Å². The van der Waals surface area contributed by atoms with E-state index in [2.05, 4.69) is 4.90 Å². The highest BCUT2D eigenvalue weighted by molar-refractivity contribution is 6.04. The minimum absolute atomic E-state index is 0.0539. The minimum atomic E-state index is -0.231. The van der Waals surface area contributed by atoms with E-state index >= 15 is 0 Å². The zero-order chi connectivity index (χ0) is 16.7. The van der Waals surface area contributed by atoms with Crippen molar-refractivity contribution in [3.8, 4) is 0 Å². The molecule has 1 aromatic rings. The molecular weight excluding hydrogens is 306 g/mol. The number of aromatic nitrogens is 1. The van der Waals surface area contributed by atoms with Gasteiger partial charge >= 0.3 is 0 Å². The van der Waals surface area contributed by atoms with Gasteiger partial charge in [0.1, 0.15) is 0 Å². The molecule has 0 bridgehead atoms. The number of carbonyl (C=O) groups excluding carboxylic acids is 1. The molecule has 1 amide bonds. The van der Waals surface area contributed by atoms with Gasteiger partial charge in [-0.25, -0.2) is 0 Å². The Balaban J connectivity index is 1.43. The highest BCUT2D eigenvalue weighted by Gasteiger charge is 2.54. The summed E-state index contributed by atoms with van der Waals surface area (Å²) in [5, 5.41) is 0. The van der Waals surface area contributed by atoms with E-state index in [1.54, 1.807) is 19.3 Å². The normalized spacial score (nSPS) is 30.8. The van der Waals surface area contributed by atoms with Crippen molar-refractivity contribution in [2.75, 3.05) is 37.7 Å². The molecule has 0 N–H and O–H groups in total. The quantitative estimate of drug-likeness (QED) is 0.775. The molecule has 6 nitrogen and oxygen atoms in total. The zero-order valence-electron chi connectivity index (χ0n) is 14.2. The Morgan fingerprint density at radius 2 is 2.12 bits per heavy atom. The van der Waals surface area contributed by atoms with E-state index in [4.69, 9.17) is 4.74 Å². The molecule has 3 fully saturated rings.